The van der Waals surface area contributed by atoms with E-state index in [1.807, 2.05) is 0 Å². The minimum Gasteiger partial charge on any atom is -0.393 e. The van der Waals surface area contributed by atoms with Crippen molar-refractivity contribution in [3.8, 4) is 0 Å². The lowest BCUT2D eigenvalue weighted by molar-refractivity contribution is 0.180. The molecule has 2 rings (SSSR count). The maximum absolute atomic E-state index is 13.0. The van der Waals surface area contributed by atoms with E-state index in [1.165, 1.54) is 0 Å². The van der Waals surface area contributed by atoms with Gasteiger partial charge < -0.3 is 9.67 Å². The maximum Gasteiger partial charge on any atom is 0.332 e. The molecule has 20 heavy (non-hydrogen) atoms. The standard InChI is InChI=1S/C13H20N4O3/c1-9(18)6-4-5-7-17-12(19)10-11(14-8-15(10)2)16(3)13(17)20/h8-9,18H,4-7H2,1-3H3/i1D3,2D3,4D2,5D2,6D2,8D. The van der Waals surface area contributed by atoms with E-state index >= 15 is 0 Å². The van der Waals surface area contributed by atoms with Gasteiger partial charge in [0.1, 0.15) is 1.37 Å². The van der Waals surface area contributed by atoms with Gasteiger partial charge in [-0.1, -0.05) is 0 Å². The number of aliphatic hydroxyl groups is 1. The van der Waals surface area contributed by atoms with Gasteiger partial charge in [0.15, 0.2) is 11.2 Å². The molecule has 7 nitrogen and oxygen atoms in total. The van der Waals surface area contributed by atoms with Crippen LogP contribution in [0.5, 0.6) is 0 Å². The van der Waals surface area contributed by atoms with Gasteiger partial charge in [0, 0.05) is 37.0 Å². The van der Waals surface area contributed by atoms with Crippen molar-refractivity contribution in [3.05, 3.63) is 27.1 Å². The highest BCUT2D eigenvalue weighted by molar-refractivity contribution is 5.69. The van der Waals surface area contributed by atoms with Gasteiger partial charge in [-0.05, 0) is 26.0 Å². The van der Waals surface area contributed by atoms with E-state index < -0.39 is 74.3 Å². The highest BCUT2D eigenvalue weighted by atomic mass is 16.3. The Kier molecular flexibility index (Phi) is 1.44. The number of rotatable bonds is 5. The van der Waals surface area contributed by atoms with Gasteiger partial charge in [-0.2, -0.15) is 0 Å². The molecule has 0 aromatic carbocycles. The van der Waals surface area contributed by atoms with Crippen LogP contribution in [-0.2, 0) is 20.6 Å². The molecule has 0 saturated carbocycles. The molecule has 1 atom stereocenters. The summed E-state index contributed by atoms with van der Waals surface area (Å²) in [6.07, 6.45) is -14.8. The molecule has 0 amide bonds. The maximum atomic E-state index is 13.0. The Labute approximate surface area is 134 Å². The number of fused-ring (bicyclic) bond motifs is 1. The molecule has 0 fully saturated rings. The summed E-state index contributed by atoms with van der Waals surface area (Å²) in [5.41, 5.74) is -3.99. The van der Waals surface area contributed by atoms with Gasteiger partial charge in [-0.3, -0.25) is 13.9 Å². The average Bonchev–Trinajstić information content (AvgIpc) is 2.99. The van der Waals surface area contributed by atoms with Crippen molar-refractivity contribution in [2.75, 3.05) is 0 Å². The highest BCUT2D eigenvalue weighted by Gasteiger charge is 2.14. The number of aryl methyl sites for hydroxylation is 2. The predicted octanol–water partition coefficient (Wildman–Crippen LogP) is -0.0152. The van der Waals surface area contributed by atoms with Crippen LogP contribution >= 0.6 is 0 Å². The third-order valence-corrected chi connectivity index (χ3v) is 2.51. The summed E-state index contributed by atoms with van der Waals surface area (Å²) in [6, 6.07) is 0. The molecule has 0 aliphatic carbocycles. The van der Waals surface area contributed by atoms with Gasteiger partial charge in [-0.15, -0.1) is 0 Å². The minimum atomic E-state index is -3.77. The fraction of sp³-hybridized carbons (Fsp3) is 0.615. The summed E-state index contributed by atoms with van der Waals surface area (Å²) in [6.45, 7) is -7.99. The average molecular weight is 293 g/mol. The normalized spacial score (nSPS) is 26.0. The first-order chi connectivity index (χ1) is 14.5. The van der Waals surface area contributed by atoms with E-state index in [1.54, 1.807) is 0 Å². The summed E-state index contributed by atoms with van der Waals surface area (Å²) in [4.78, 5) is 29.2. The molecule has 0 bridgehead atoms. The summed E-state index contributed by atoms with van der Waals surface area (Å²) in [7, 11) is 1.04. The van der Waals surface area contributed by atoms with Crippen molar-refractivity contribution in [2.45, 2.75) is 38.6 Å². The van der Waals surface area contributed by atoms with Crippen molar-refractivity contribution in [1.29, 1.82) is 0 Å². The van der Waals surface area contributed by atoms with Gasteiger partial charge in [0.05, 0.1) is 12.4 Å². The van der Waals surface area contributed by atoms with Crippen LogP contribution in [-0.4, -0.2) is 29.9 Å². The van der Waals surface area contributed by atoms with Gasteiger partial charge in [0.2, 0.25) is 0 Å². The summed E-state index contributed by atoms with van der Waals surface area (Å²) in [5, 5.41) is 9.83. The Morgan fingerprint density at radius 2 is 2.35 bits per heavy atom. The van der Waals surface area contributed by atoms with Crippen molar-refractivity contribution < 1.29 is 22.9 Å². The van der Waals surface area contributed by atoms with Crippen LogP contribution < -0.4 is 11.2 Å². The van der Waals surface area contributed by atoms with Crippen LogP contribution in [0.2, 0.25) is 0 Å². The molecule has 2 aromatic rings. The van der Waals surface area contributed by atoms with E-state index in [0.717, 1.165) is 7.05 Å². The first-order valence-corrected chi connectivity index (χ1v) is 5.37. The lowest BCUT2D eigenvalue weighted by Gasteiger charge is -2.09. The fourth-order valence-electron chi connectivity index (χ4n) is 1.59. The lowest BCUT2D eigenvalue weighted by Crippen LogP contribution is -2.39. The summed E-state index contributed by atoms with van der Waals surface area (Å²) in [5.74, 6) is 0. The van der Waals surface area contributed by atoms with Gasteiger partial charge in [0.25, 0.3) is 5.56 Å². The smallest absolute Gasteiger partial charge is 0.332 e. The molecule has 2 heterocycles. The van der Waals surface area contributed by atoms with Crippen LogP contribution in [0, 0.1) is 0 Å². The van der Waals surface area contributed by atoms with Crippen molar-refractivity contribution in [2.24, 2.45) is 14.0 Å². The van der Waals surface area contributed by atoms with E-state index in [2.05, 4.69) is 4.98 Å². The van der Waals surface area contributed by atoms with Gasteiger partial charge in [-0.25, -0.2) is 9.78 Å². The molecule has 0 aliphatic heterocycles. The quantitative estimate of drug-likeness (QED) is 0.840. The molecule has 110 valence electrons. The molecular weight excluding hydrogens is 260 g/mol. The van der Waals surface area contributed by atoms with E-state index in [-0.39, 0.29) is 9.13 Å². The first-order valence-electron chi connectivity index (χ1n) is 11.9. The second-order valence-electron chi connectivity index (χ2n) is 3.80. The van der Waals surface area contributed by atoms with Crippen LogP contribution in [0.3, 0.4) is 0 Å². The van der Waals surface area contributed by atoms with Crippen molar-refractivity contribution in [3.63, 3.8) is 0 Å². The molecule has 1 unspecified atom stereocenters. The summed E-state index contributed by atoms with van der Waals surface area (Å²) >= 11 is 0. The molecule has 7 heteroatoms. The topological polar surface area (TPSA) is 82.1 Å². The highest BCUT2D eigenvalue weighted by Crippen LogP contribution is 2.04. The second kappa shape index (κ2) is 5.62. The summed E-state index contributed by atoms with van der Waals surface area (Å²) < 4.78 is 100. The number of aliphatic hydroxyl groups excluding tert-OH is 1. The zero-order valence-corrected chi connectivity index (χ0v) is 10.3. The minimum absolute atomic E-state index is 0.0985. The fourth-order valence-corrected chi connectivity index (χ4v) is 1.59. The number of hydrogen-bond donors (Lipinski definition) is 1. The molecular formula is C13H20N4O3. The number of imidazole rings is 1. The van der Waals surface area contributed by atoms with Gasteiger partial charge >= 0.3 is 5.69 Å². The molecule has 0 saturated heterocycles. The molecule has 1 N–H and O–H groups in total. The molecule has 0 radical (unpaired) electrons. The zero-order valence-electron chi connectivity index (χ0n) is 23.3. The number of hydrogen-bond acceptors (Lipinski definition) is 4. The Morgan fingerprint density at radius 3 is 3.05 bits per heavy atom. The molecule has 0 spiro atoms. The van der Waals surface area contributed by atoms with Crippen molar-refractivity contribution >= 4 is 11.2 Å². The Hall–Kier alpha value is -1.89. The van der Waals surface area contributed by atoms with E-state index in [9.17, 15) is 14.7 Å². The van der Waals surface area contributed by atoms with E-state index in [4.69, 9.17) is 17.8 Å². The second-order valence-corrected chi connectivity index (χ2v) is 3.80. The Morgan fingerprint density at radius 1 is 1.55 bits per heavy atom. The van der Waals surface area contributed by atoms with Crippen LogP contribution in [0.4, 0.5) is 0 Å². The van der Waals surface area contributed by atoms with Crippen molar-refractivity contribution in [1.82, 2.24) is 18.7 Å². The third-order valence-electron chi connectivity index (χ3n) is 2.51. The Balaban J connectivity index is 2.76. The third kappa shape index (κ3) is 2.53. The molecule has 2 aromatic heterocycles. The van der Waals surface area contributed by atoms with Crippen LogP contribution in [0.1, 0.15) is 43.8 Å². The largest absolute Gasteiger partial charge is 0.393 e. The zero-order chi connectivity index (χ0) is 26.1. The van der Waals surface area contributed by atoms with E-state index in [0.29, 0.717) is 4.57 Å². The lowest BCUT2D eigenvalue weighted by atomic mass is 10.2. The van der Waals surface area contributed by atoms with Crippen LogP contribution in [0.15, 0.2) is 15.9 Å². The van der Waals surface area contributed by atoms with Crippen LogP contribution in [0.25, 0.3) is 11.2 Å². The molecule has 0 aliphatic rings. The predicted molar refractivity (Wildman–Crippen MR) is 75.7 cm³/mol. The first kappa shape index (κ1) is 5.14. The Bertz CT molecular complexity index is 1190. The monoisotopic (exact) mass is 293 g/mol. The number of aromatic nitrogens is 4. The SMILES string of the molecule is [2H]c1nc2c(c(=O)n(CC([2H])([2H])C([2H])([2H])C([2H])([2H])C(O)C([2H])([2H])[2H])c(=O)n2C)n1C([2H])([2H])[2H]. The number of nitrogens with zero attached hydrogens (tertiary/aromatic N) is 4.